The summed E-state index contributed by atoms with van der Waals surface area (Å²) in [6.45, 7) is 7.73. The predicted molar refractivity (Wildman–Crippen MR) is 82.8 cm³/mol. The topological polar surface area (TPSA) is 42.7 Å². The lowest BCUT2D eigenvalue weighted by molar-refractivity contribution is 0.542. The number of hydrogen-bond acceptors (Lipinski definition) is 4. The summed E-state index contributed by atoms with van der Waals surface area (Å²) in [4.78, 5) is 0.615. The van der Waals surface area contributed by atoms with E-state index in [-0.39, 0.29) is 5.82 Å². The van der Waals surface area contributed by atoms with E-state index in [0.717, 1.165) is 17.9 Å². The first-order valence-corrected chi connectivity index (χ1v) is 7.82. The van der Waals surface area contributed by atoms with E-state index in [4.69, 9.17) is 0 Å². The average molecular weight is 308 g/mol. The van der Waals surface area contributed by atoms with Crippen LogP contribution in [0.25, 0.3) is 0 Å². The van der Waals surface area contributed by atoms with Crippen LogP contribution in [0.2, 0.25) is 0 Å². The van der Waals surface area contributed by atoms with E-state index in [1.54, 1.807) is 6.07 Å². The molecule has 0 aliphatic rings. The van der Waals surface area contributed by atoms with Crippen LogP contribution >= 0.6 is 11.8 Å². The molecule has 114 valence electrons. The number of nitrogens with zero attached hydrogens (tertiary/aromatic N) is 3. The van der Waals surface area contributed by atoms with Crippen molar-refractivity contribution in [2.45, 2.75) is 37.4 Å². The summed E-state index contributed by atoms with van der Waals surface area (Å²) < 4.78 is 16.0. The van der Waals surface area contributed by atoms with Crippen LogP contribution in [-0.4, -0.2) is 21.3 Å². The van der Waals surface area contributed by atoms with E-state index in [0.29, 0.717) is 22.5 Å². The minimum Gasteiger partial charge on any atom is -0.312 e. The highest BCUT2D eigenvalue weighted by Crippen LogP contribution is 2.31. The lowest BCUT2D eigenvalue weighted by Crippen LogP contribution is -2.19. The van der Waals surface area contributed by atoms with Crippen molar-refractivity contribution < 1.29 is 4.39 Å². The average Bonchev–Trinajstić information content (AvgIpc) is 2.74. The monoisotopic (exact) mass is 308 g/mol. The van der Waals surface area contributed by atoms with Gasteiger partial charge < -0.3 is 9.88 Å². The van der Waals surface area contributed by atoms with Crippen LogP contribution in [-0.2, 0) is 13.6 Å². The van der Waals surface area contributed by atoms with E-state index < -0.39 is 0 Å². The number of benzene rings is 1. The fourth-order valence-corrected chi connectivity index (χ4v) is 2.84. The molecule has 0 radical (unpaired) electrons. The van der Waals surface area contributed by atoms with Crippen LogP contribution in [0.3, 0.4) is 0 Å². The van der Waals surface area contributed by atoms with Gasteiger partial charge in [-0.15, -0.1) is 10.2 Å². The number of aryl methyl sites for hydroxylation is 1. The summed E-state index contributed by atoms with van der Waals surface area (Å²) in [6, 6.07) is 5.17. The Morgan fingerprint density at radius 1 is 1.33 bits per heavy atom. The maximum absolute atomic E-state index is 14.2. The van der Waals surface area contributed by atoms with Gasteiger partial charge in [-0.25, -0.2) is 4.39 Å². The fourth-order valence-electron chi connectivity index (χ4n) is 1.87. The summed E-state index contributed by atoms with van der Waals surface area (Å²) in [7, 11) is 1.88. The summed E-state index contributed by atoms with van der Waals surface area (Å²) in [5, 5.41) is 12.1. The van der Waals surface area contributed by atoms with Gasteiger partial charge in [0, 0.05) is 13.6 Å². The second-order valence-electron chi connectivity index (χ2n) is 5.44. The Kier molecular flexibility index (Phi) is 5.36. The highest BCUT2D eigenvalue weighted by molar-refractivity contribution is 7.99. The summed E-state index contributed by atoms with van der Waals surface area (Å²) in [5.74, 6) is 1.16. The zero-order valence-electron chi connectivity index (χ0n) is 12.9. The first-order valence-electron chi connectivity index (χ1n) is 7.01. The van der Waals surface area contributed by atoms with Crippen molar-refractivity contribution in [1.29, 1.82) is 0 Å². The molecule has 0 fully saturated rings. The first kappa shape index (κ1) is 16.0. The molecule has 0 aliphatic carbocycles. The van der Waals surface area contributed by atoms with Gasteiger partial charge in [0.1, 0.15) is 11.6 Å². The molecule has 2 aromatic rings. The number of halogens is 1. The van der Waals surface area contributed by atoms with Crippen molar-refractivity contribution in [1.82, 2.24) is 20.1 Å². The molecule has 1 N–H and O–H groups in total. The lowest BCUT2D eigenvalue weighted by atomic mass is 10.2. The van der Waals surface area contributed by atoms with E-state index in [2.05, 4.69) is 29.4 Å². The molecular weight excluding hydrogens is 287 g/mol. The van der Waals surface area contributed by atoms with Crippen molar-refractivity contribution in [3.63, 3.8) is 0 Å². The van der Waals surface area contributed by atoms with E-state index in [1.165, 1.54) is 17.8 Å². The number of aromatic nitrogens is 3. The molecule has 1 heterocycles. The fraction of sp³-hybridized carbons (Fsp3) is 0.467. The van der Waals surface area contributed by atoms with Gasteiger partial charge >= 0.3 is 0 Å². The van der Waals surface area contributed by atoms with Crippen LogP contribution in [0, 0.1) is 18.7 Å². The van der Waals surface area contributed by atoms with E-state index in [9.17, 15) is 4.39 Å². The van der Waals surface area contributed by atoms with Gasteiger partial charge in [-0.1, -0.05) is 26.0 Å². The third kappa shape index (κ3) is 4.04. The molecule has 0 spiro atoms. The summed E-state index contributed by atoms with van der Waals surface area (Å²) in [5.41, 5.74) is 0.946. The molecular formula is C15H21FN4S. The van der Waals surface area contributed by atoms with Crippen LogP contribution < -0.4 is 5.32 Å². The number of rotatable bonds is 6. The molecule has 0 amide bonds. The Bertz CT molecular complexity index is 610. The Labute approximate surface area is 129 Å². The number of hydrogen-bond donors (Lipinski definition) is 1. The molecule has 0 bridgehead atoms. The van der Waals surface area contributed by atoms with Gasteiger partial charge in [0.05, 0.1) is 4.90 Å². The van der Waals surface area contributed by atoms with Gasteiger partial charge in [-0.05, 0) is 42.8 Å². The summed E-state index contributed by atoms with van der Waals surface area (Å²) in [6.07, 6.45) is 0. The van der Waals surface area contributed by atoms with E-state index in [1.807, 2.05) is 24.6 Å². The Morgan fingerprint density at radius 2 is 2.10 bits per heavy atom. The zero-order valence-corrected chi connectivity index (χ0v) is 13.7. The molecule has 1 aromatic heterocycles. The molecule has 21 heavy (non-hydrogen) atoms. The number of nitrogens with one attached hydrogen (secondary N) is 1. The van der Waals surface area contributed by atoms with Gasteiger partial charge in [0.15, 0.2) is 5.16 Å². The second kappa shape index (κ2) is 7.04. The standard InChI is InChI=1S/C15H21FN4S/c1-10(2)8-17-9-12-6-5-7-13(16)14(12)21-15-19-18-11(3)20(15)4/h5-7,10,17H,8-9H2,1-4H3. The van der Waals surface area contributed by atoms with Gasteiger partial charge in [-0.3, -0.25) is 0 Å². The first-order chi connectivity index (χ1) is 9.99. The Morgan fingerprint density at radius 3 is 2.71 bits per heavy atom. The van der Waals surface area contributed by atoms with Gasteiger partial charge in [-0.2, -0.15) is 0 Å². The van der Waals surface area contributed by atoms with Crippen molar-refractivity contribution in [3.05, 3.63) is 35.4 Å². The summed E-state index contributed by atoms with van der Waals surface area (Å²) >= 11 is 1.32. The second-order valence-corrected chi connectivity index (χ2v) is 6.42. The predicted octanol–water partition coefficient (Wildman–Crippen LogP) is 3.16. The maximum atomic E-state index is 14.2. The molecule has 0 atom stereocenters. The SMILES string of the molecule is Cc1nnc(Sc2c(F)cccc2CNCC(C)C)n1C. The molecule has 0 saturated carbocycles. The molecule has 0 aliphatic heterocycles. The molecule has 0 saturated heterocycles. The lowest BCUT2D eigenvalue weighted by Gasteiger charge is -2.12. The zero-order chi connectivity index (χ0) is 15.4. The molecule has 2 rings (SSSR count). The Balaban J connectivity index is 2.19. The van der Waals surface area contributed by atoms with Crippen LogP contribution in [0.5, 0.6) is 0 Å². The third-order valence-electron chi connectivity index (χ3n) is 3.16. The van der Waals surface area contributed by atoms with Gasteiger partial charge in [0.2, 0.25) is 0 Å². The minimum absolute atomic E-state index is 0.218. The minimum atomic E-state index is -0.218. The molecule has 0 unspecified atom stereocenters. The maximum Gasteiger partial charge on any atom is 0.195 e. The van der Waals surface area contributed by atoms with Crippen LogP contribution in [0.4, 0.5) is 4.39 Å². The van der Waals surface area contributed by atoms with Crippen molar-refractivity contribution in [3.8, 4) is 0 Å². The van der Waals surface area contributed by atoms with E-state index >= 15 is 0 Å². The van der Waals surface area contributed by atoms with Crippen molar-refractivity contribution in [2.24, 2.45) is 13.0 Å². The van der Waals surface area contributed by atoms with Crippen molar-refractivity contribution >= 4 is 11.8 Å². The molecule has 4 nitrogen and oxygen atoms in total. The van der Waals surface area contributed by atoms with Crippen LogP contribution in [0.15, 0.2) is 28.3 Å². The third-order valence-corrected chi connectivity index (χ3v) is 4.36. The highest BCUT2D eigenvalue weighted by atomic mass is 32.2. The van der Waals surface area contributed by atoms with Crippen molar-refractivity contribution in [2.75, 3.05) is 6.54 Å². The quantitative estimate of drug-likeness (QED) is 0.890. The Hall–Kier alpha value is -1.40. The normalized spacial score (nSPS) is 11.3. The molecule has 6 heteroatoms. The highest BCUT2D eigenvalue weighted by Gasteiger charge is 2.14. The smallest absolute Gasteiger partial charge is 0.195 e. The molecule has 1 aromatic carbocycles. The van der Waals surface area contributed by atoms with Gasteiger partial charge in [0.25, 0.3) is 0 Å². The largest absolute Gasteiger partial charge is 0.312 e. The van der Waals surface area contributed by atoms with Crippen LogP contribution in [0.1, 0.15) is 25.2 Å².